The zero-order valence-electron chi connectivity index (χ0n) is 13.0. The van der Waals surface area contributed by atoms with Crippen LogP contribution in [0.25, 0.3) is 0 Å². The summed E-state index contributed by atoms with van der Waals surface area (Å²) in [5.41, 5.74) is 1.22. The summed E-state index contributed by atoms with van der Waals surface area (Å²) in [6, 6.07) is 10.3. The molecule has 4 heteroatoms. The van der Waals surface area contributed by atoms with Gasteiger partial charge in [-0.3, -0.25) is 0 Å². The minimum atomic E-state index is 0.703. The first-order chi connectivity index (χ1) is 10.4. The van der Waals surface area contributed by atoms with Crippen LogP contribution in [0.15, 0.2) is 35.3 Å². The quantitative estimate of drug-likeness (QED) is 0.417. The third-order valence-corrected chi connectivity index (χ3v) is 3.42. The summed E-state index contributed by atoms with van der Waals surface area (Å²) < 4.78 is 5.63. The van der Waals surface area contributed by atoms with Crippen LogP contribution >= 0.6 is 0 Å². The molecule has 1 saturated carbocycles. The maximum Gasteiger partial charge on any atom is 0.191 e. The molecule has 21 heavy (non-hydrogen) atoms. The van der Waals surface area contributed by atoms with Crippen molar-refractivity contribution in [3.8, 4) is 0 Å². The molecule has 1 fully saturated rings. The van der Waals surface area contributed by atoms with Crippen molar-refractivity contribution in [2.45, 2.75) is 32.7 Å². The molecule has 2 N–H and O–H groups in total. The lowest BCUT2D eigenvalue weighted by molar-refractivity contribution is 0.123. The fourth-order valence-corrected chi connectivity index (χ4v) is 2.01. The van der Waals surface area contributed by atoms with Crippen LogP contribution < -0.4 is 10.6 Å². The van der Waals surface area contributed by atoms with E-state index >= 15 is 0 Å². The van der Waals surface area contributed by atoms with Crippen molar-refractivity contribution < 1.29 is 4.74 Å². The average Bonchev–Trinajstić information content (AvgIpc) is 3.33. The van der Waals surface area contributed by atoms with Gasteiger partial charge in [-0.2, -0.15) is 0 Å². The first-order valence-corrected chi connectivity index (χ1v) is 8.02. The maximum absolute atomic E-state index is 5.63. The number of ether oxygens (including phenoxy) is 1. The zero-order valence-corrected chi connectivity index (χ0v) is 13.0. The monoisotopic (exact) mass is 289 g/mol. The molecule has 0 radical (unpaired) electrons. The molecule has 4 nitrogen and oxygen atoms in total. The van der Waals surface area contributed by atoms with Crippen molar-refractivity contribution in [3.63, 3.8) is 0 Å². The highest BCUT2D eigenvalue weighted by Crippen LogP contribution is 2.28. The van der Waals surface area contributed by atoms with Gasteiger partial charge in [-0.1, -0.05) is 30.3 Å². The SMILES string of the molecule is CCNC(=NCc1ccccc1)NCCCOCC1CC1. The van der Waals surface area contributed by atoms with Crippen LogP contribution in [0.5, 0.6) is 0 Å². The lowest BCUT2D eigenvalue weighted by Gasteiger charge is -2.11. The smallest absolute Gasteiger partial charge is 0.191 e. The number of rotatable bonds is 9. The summed E-state index contributed by atoms with van der Waals surface area (Å²) in [4.78, 5) is 4.59. The third-order valence-electron chi connectivity index (χ3n) is 3.42. The molecule has 1 aromatic rings. The van der Waals surface area contributed by atoms with Crippen molar-refractivity contribution in [2.75, 3.05) is 26.3 Å². The Labute approximate surface area is 128 Å². The Morgan fingerprint density at radius 2 is 2.05 bits per heavy atom. The second kappa shape index (κ2) is 9.40. The van der Waals surface area contributed by atoms with Crippen molar-refractivity contribution >= 4 is 5.96 Å². The van der Waals surface area contributed by atoms with Gasteiger partial charge in [-0.05, 0) is 37.7 Å². The molecule has 0 aliphatic heterocycles. The number of benzene rings is 1. The van der Waals surface area contributed by atoms with Crippen LogP contribution in [0.2, 0.25) is 0 Å². The Morgan fingerprint density at radius 1 is 1.24 bits per heavy atom. The largest absolute Gasteiger partial charge is 0.381 e. The van der Waals surface area contributed by atoms with Crippen LogP contribution in [0, 0.1) is 5.92 Å². The molecule has 2 rings (SSSR count). The molecule has 116 valence electrons. The van der Waals surface area contributed by atoms with Crippen LogP contribution in [0.4, 0.5) is 0 Å². The van der Waals surface area contributed by atoms with E-state index in [4.69, 9.17) is 4.74 Å². The fourth-order valence-electron chi connectivity index (χ4n) is 2.01. The number of guanidine groups is 1. The predicted octanol–water partition coefficient (Wildman–Crippen LogP) is 2.56. The number of nitrogens with one attached hydrogen (secondary N) is 2. The number of nitrogens with zero attached hydrogens (tertiary/aromatic N) is 1. The van der Waals surface area contributed by atoms with Crippen molar-refractivity contribution in [2.24, 2.45) is 10.9 Å². The summed E-state index contributed by atoms with van der Waals surface area (Å²) in [6.45, 7) is 6.33. The van der Waals surface area contributed by atoms with Gasteiger partial charge in [0.2, 0.25) is 0 Å². The summed E-state index contributed by atoms with van der Waals surface area (Å²) in [6.07, 6.45) is 3.73. The van der Waals surface area contributed by atoms with E-state index in [9.17, 15) is 0 Å². The second-order valence-corrected chi connectivity index (χ2v) is 5.48. The third kappa shape index (κ3) is 7.14. The number of aliphatic imine (C=N–C) groups is 1. The molecule has 0 atom stereocenters. The first kappa shape index (κ1) is 15.8. The fraction of sp³-hybridized carbons (Fsp3) is 0.588. The normalized spacial score (nSPS) is 15.0. The van der Waals surface area contributed by atoms with E-state index in [-0.39, 0.29) is 0 Å². The van der Waals surface area contributed by atoms with Crippen molar-refractivity contribution in [3.05, 3.63) is 35.9 Å². The Bertz CT molecular complexity index is 415. The maximum atomic E-state index is 5.63. The molecule has 0 amide bonds. The molecule has 0 saturated heterocycles. The summed E-state index contributed by atoms with van der Waals surface area (Å²) in [7, 11) is 0. The van der Waals surface area contributed by atoms with E-state index in [0.717, 1.165) is 44.6 Å². The zero-order chi connectivity index (χ0) is 14.8. The molecular weight excluding hydrogens is 262 g/mol. The highest BCUT2D eigenvalue weighted by atomic mass is 16.5. The van der Waals surface area contributed by atoms with Crippen molar-refractivity contribution in [1.29, 1.82) is 0 Å². The van der Waals surface area contributed by atoms with E-state index in [1.165, 1.54) is 18.4 Å². The van der Waals surface area contributed by atoms with Crippen molar-refractivity contribution in [1.82, 2.24) is 10.6 Å². The van der Waals surface area contributed by atoms with E-state index in [0.29, 0.717) is 6.54 Å². The molecule has 0 aromatic heterocycles. The Morgan fingerprint density at radius 3 is 2.76 bits per heavy atom. The molecular formula is C17H27N3O. The molecule has 0 bridgehead atoms. The molecule has 0 unspecified atom stereocenters. The molecule has 1 aliphatic rings. The van der Waals surface area contributed by atoms with Crippen LogP contribution in [-0.4, -0.2) is 32.3 Å². The van der Waals surface area contributed by atoms with Gasteiger partial charge in [0, 0.05) is 26.3 Å². The Hall–Kier alpha value is -1.55. The van der Waals surface area contributed by atoms with E-state index in [1.54, 1.807) is 0 Å². The Balaban J connectivity index is 1.62. The van der Waals surface area contributed by atoms with Crippen LogP contribution in [0.3, 0.4) is 0 Å². The average molecular weight is 289 g/mol. The lowest BCUT2D eigenvalue weighted by Crippen LogP contribution is -2.38. The van der Waals surface area contributed by atoms with E-state index in [2.05, 4.69) is 34.7 Å². The standard InChI is InChI=1S/C17H27N3O/c1-2-18-17(20-13-15-7-4-3-5-8-15)19-11-6-12-21-14-16-9-10-16/h3-5,7-8,16H,2,6,9-14H2,1H3,(H2,18,19,20). The van der Waals surface area contributed by atoms with Gasteiger partial charge in [0.25, 0.3) is 0 Å². The van der Waals surface area contributed by atoms with Crippen LogP contribution in [-0.2, 0) is 11.3 Å². The lowest BCUT2D eigenvalue weighted by atomic mass is 10.2. The second-order valence-electron chi connectivity index (χ2n) is 5.48. The van der Waals surface area contributed by atoms with Gasteiger partial charge < -0.3 is 15.4 Å². The van der Waals surface area contributed by atoms with Crippen LogP contribution in [0.1, 0.15) is 31.7 Å². The molecule has 0 spiro atoms. The highest BCUT2D eigenvalue weighted by molar-refractivity contribution is 5.79. The summed E-state index contributed by atoms with van der Waals surface area (Å²) in [5, 5.41) is 6.62. The van der Waals surface area contributed by atoms with Gasteiger partial charge in [0.1, 0.15) is 0 Å². The summed E-state index contributed by atoms with van der Waals surface area (Å²) in [5.74, 6) is 1.73. The number of hydrogen-bond donors (Lipinski definition) is 2. The van der Waals surface area contributed by atoms with Gasteiger partial charge in [-0.25, -0.2) is 4.99 Å². The van der Waals surface area contributed by atoms with E-state index < -0.39 is 0 Å². The highest BCUT2D eigenvalue weighted by Gasteiger charge is 2.20. The van der Waals surface area contributed by atoms with Gasteiger partial charge >= 0.3 is 0 Å². The molecule has 1 aliphatic carbocycles. The topological polar surface area (TPSA) is 45.7 Å². The Kier molecular flexibility index (Phi) is 7.08. The first-order valence-electron chi connectivity index (χ1n) is 8.02. The molecule has 0 heterocycles. The van der Waals surface area contributed by atoms with E-state index in [1.807, 2.05) is 18.2 Å². The van der Waals surface area contributed by atoms with Gasteiger partial charge in [0.05, 0.1) is 6.54 Å². The minimum absolute atomic E-state index is 0.703. The predicted molar refractivity (Wildman–Crippen MR) is 87.4 cm³/mol. The van der Waals surface area contributed by atoms with Gasteiger partial charge in [0.15, 0.2) is 5.96 Å². The summed E-state index contributed by atoms with van der Waals surface area (Å²) >= 11 is 0. The number of hydrogen-bond acceptors (Lipinski definition) is 2. The molecule has 1 aromatic carbocycles. The van der Waals surface area contributed by atoms with Gasteiger partial charge in [-0.15, -0.1) is 0 Å². The minimum Gasteiger partial charge on any atom is -0.381 e.